The molecule has 1 aliphatic rings. The number of fused-ring (bicyclic) bond motifs is 1. The molecule has 2 amide bonds. The number of nitrogens with one attached hydrogen (secondary N) is 1. The average Bonchev–Trinajstić information content (AvgIpc) is 2.48. The third-order valence-electron chi connectivity index (χ3n) is 3.48. The molecule has 2 N–H and O–H groups in total. The standard InChI is InChI=1S/C16H14N2O3/c1-10-5-4-6-11(15(10)20)16(21)18-9-14(19)17-12-7-2-3-8-13(12)18/h2-8,20H,9H2,1H3,(H,17,19). The first kappa shape index (κ1) is 13.2. The number of amides is 2. The van der Waals surface area contributed by atoms with Crippen molar-refractivity contribution < 1.29 is 14.7 Å². The molecule has 0 atom stereocenters. The van der Waals surface area contributed by atoms with Crippen molar-refractivity contribution in [2.24, 2.45) is 0 Å². The van der Waals surface area contributed by atoms with E-state index in [2.05, 4.69) is 5.32 Å². The SMILES string of the molecule is Cc1cccc(C(=O)N2CC(=O)Nc3ccccc32)c1O. The van der Waals surface area contributed by atoms with E-state index in [1.807, 2.05) is 0 Å². The first-order chi connectivity index (χ1) is 10.1. The van der Waals surface area contributed by atoms with E-state index in [0.29, 0.717) is 16.9 Å². The molecule has 3 rings (SSSR count). The van der Waals surface area contributed by atoms with Gasteiger partial charge in [-0.15, -0.1) is 0 Å². The monoisotopic (exact) mass is 282 g/mol. The number of para-hydroxylation sites is 3. The van der Waals surface area contributed by atoms with Crippen molar-refractivity contribution in [3.05, 3.63) is 53.6 Å². The maximum atomic E-state index is 12.7. The number of carbonyl (C=O) groups excluding carboxylic acids is 2. The van der Waals surface area contributed by atoms with Crippen LogP contribution in [0.15, 0.2) is 42.5 Å². The molecule has 2 aromatic carbocycles. The molecule has 0 aromatic heterocycles. The summed E-state index contributed by atoms with van der Waals surface area (Å²) in [5.74, 6) is -0.696. The topological polar surface area (TPSA) is 69.6 Å². The fraction of sp³-hybridized carbons (Fsp3) is 0.125. The molecule has 1 aliphatic heterocycles. The molecule has 1 heterocycles. The zero-order valence-corrected chi connectivity index (χ0v) is 11.5. The van der Waals surface area contributed by atoms with Crippen LogP contribution in [0, 0.1) is 6.92 Å². The van der Waals surface area contributed by atoms with E-state index in [1.165, 1.54) is 4.90 Å². The molecule has 0 radical (unpaired) electrons. The molecule has 21 heavy (non-hydrogen) atoms. The molecular formula is C16H14N2O3. The molecule has 0 saturated heterocycles. The zero-order chi connectivity index (χ0) is 15.0. The average molecular weight is 282 g/mol. The number of benzene rings is 2. The summed E-state index contributed by atoms with van der Waals surface area (Å²) in [7, 11) is 0. The van der Waals surface area contributed by atoms with Gasteiger partial charge in [-0.05, 0) is 30.7 Å². The highest BCUT2D eigenvalue weighted by Gasteiger charge is 2.28. The predicted molar refractivity (Wildman–Crippen MR) is 79.6 cm³/mol. The van der Waals surface area contributed by atoms with Gasteiger partial charge < -0.3 is 10.4 Å². The Labute approximate surface area is 121 Å². The fourth-order valence-electron chi connectivity index (χ4n) is 2.39. The van der Waals surface area contributed by atoms with Gasteiger partial charge in [0.25, 0.3) is 5.91 Å². The van der Waals surface area contributed by atoms with Gasteiger partial charge in [0, 0.05) is 0 Å². The number of phenolic OH excluding ortho intramolecular Hbond substituents is 1. The van der Waals surface area contributed by atoms with E-state index < -0.39 is 5.91 Å². The second-order valence-corrected chi connectivity index (χ2v) is 4.93. The third kappa shape index (κ3) is 2.23. The van der Waals surface area contributed by atoms with Crippen LogP contribution in [-0.2, 0) is 4.79 Å². The van der Waals surface area contributed by atoms with Crippen molar-refractivity contribution >= 4 is 23.2 Å². The summed E-state index contributed by atoms with van der Waals surface area (Å²) in [6.07, 6.45) is 0. The van der Waals surface area contributed by atoms with E-state index in [1.54, 1.807) is 49.4 Å². The first-order valence-corrected chi connectivity index (χ1v) is 6.57. The highest BCUT2D eigenvalue weighted by atomic mass is 16.3. The van der Waals surface area contributed by atoms with E-state index >= 15 is 0 Å². The van der Waals surface area contributed by atoms with Crippen LogP contribution in [0.2, 0.25) is 0 Å². The number of anilines is 2. The lowest BCUT2D eigenvalue weighted by Gasteiger charge is -2.29. The Hall–Kier alpha value is -2.82. The van der Waals surface area contributed by atoms with Crippen molar-refractivity contribution in [2.75, 3.05) is 16.8 Å². The highest BCUT2D eigenvalue weighted by molar-refractivity contribution is 6.16. The fourth-order valence-corrected chi connectivity index (χ4v) is 2.39. The maximum Gasteiger partial charge on any atom is 0.262 e. The van der Waals surface area contributed by atoms with E-state index in [0.717, 1.165) is 0 Å². The number of phenols is 1. The van der Waals surface area contributed by atoms with Crippen LogP contribution >= 0.6 is 0 Å². The molecule has 2 aromatic rings. The quantitative estimate of drug-likeness (QED) is 0.843. The molecule has 0 unspecified atom stereocenters. The maximum absolute atomic E-state index is 12.7. The van der Waals surface area contributed by atoms with Crippen LogP contribution in [0.4, 0.5) is 11.4 Å². The number of aryl methyl sites for hydroxylation is 1. The second-order valence-electron chi connectivity index (χ2n) is 4.93. The Morgan fingerprint density at radius 2 is 1.95 bits per heavy atom. The molecular weight excluding hydrogens is 268 g/mol. The van der Waals surface area contributed by atoms with Gasteiger partial charge in [-0.2, -0.15) is 0 Å². The van der Waals surface area contributed by atoms with Crippen LogP contribution in [0.1, 0.15) is 15.9 Å². The van der Waals surface area contributed by atoms with Gasteiger partial charge in [-0.3, -0.25) is 14.5 Å². The molecule has 0 saturated carbocycles. The lowest BCUT2D eigenvalue weighted by molar-refractivity contribution is -0.115. The summed E-state index contributed by atoms with van der Waals surface area (Å²) in [6.45, 7) is 1.66. The van der Waals surface area contributed by atoms with Crippen molar-refractivity contribution in [2.45, 2.75) is 6.92 Å². The van der Waals surface area contributed by atoms with Crippen LogP contribution in [-0.4, -0.2) is 23.5 Å². The summed E-state index contributed by atoms with van der Waals surface area (Å²) in [6, 6.07) is 12.1. The lowest BCUT2D eigenvalue weighted by Crippen LogP contribution is -2.42. The van der Waals surface area contributed by atoms with Crippen LogP contribution in [0.25, 0.3) is 0 Å². The number of hydrogen-bond acceptors (Lipinski definition) is 3. The molecule has 0 fully saturated rings. The zero-order valence-electron chi connectivity index (χ0n) is 11.5. The number of carbonyl (C=O) groups is 2. The van der Waals surface area contributed by atoms with Crippen LogP contribution < -0.4 is 10.2 Å². The minimum absolute atomic E-state index is 0.0500. The Kier molecular flexibility index (Phi) is 3.10. The van der Waals surface area contributed by atoms with Gasteiger partial charge in [0.15, 0.2) is 0 Å². The van der Waals surface area contributed by atoms with E-state index in [4.69, 9.17) is 0 Å². The van der Waals surface area contributed by atoms with Crippen LogP contribution in [0.5, 0.6) is 5.75 Å². The van der Waals surface area contributed by atoms with Crippen LogP contribution in [0.3, 0.4) is 0 Å². The summed E-state index contributed by atoms with van der Waals surface area (Å²) in [4.78, 5) is 25.8. The van der Waals surface area contributed by atoms with Crippen molar-refractivity contribution in [1.82, 2.24) is 0 Å². The number of aromatic hydroxyl groups is 1. The van der Waals surface area contributed by atoms with E-state index in [9.17, 15) is 14.7 Å². The first-order valence-electron chi connectivity index (χ1n) is 6.57. The molecule has 0 spiro atoms. The smallest absolute Gasteiger partial charge is 0.262 e. The molecule has 5 nitrogen and oxygen atoms in total. The number of rotatable bonds is 1. The van der Waals surface area contributed by atoms with Crippen molar-refractivity contribution in [3.63, 3.8) is 0 Å². The van der Waals surface area contributed by atoms with Gasteiger partial charge in [0.05, 0.1) is 16.9 Å². The molecule has 5 heteroatoms. The lowest BCUT2D eigenvalue weighted by atomic mass is 10.1. The Morgan fingerprint density at radius 1 is 1.19 bits per heavy atom. The minimum atomic E-state index is -0.390. The van der Waals surface area contributed by atoms with Gasteiger partial charge in [-0.1, -0.05) is 24.3 Å². The summed E-state index contributed by atoms with van der Waals surface area (Å²) in [5, 5.41) is 12.8. The van der Waals surface area contributed by atoms with Gasteiger partial charge in [-0.25, -0.2) is 0 Å². The van der Waals surface area contributed by atoms with E-state index in [-0.39, 0.29) is 23.8 Å². The highest BCUT2D eigenvalue weighted by Crippen LogP contribution is 2.32. The van der Waals surface area contributed by atoms with Gasteiger partial charge >= 0.3 is 0 Å². The third-order valence-corrected chi connectivity index (χ3v) is 3.48. The number of hydrogen-bond donors (Lipinski definition) is 2. The largest absolute Gasteiger partial charge is 0.507 e. The Morgan fingerprint density at radius 3 is 2.76 bits per heavy atom. The number of nitrogens with zero attached hydrogens (tertiary/aromatic N) is 1. The van der Waals surface area contributed by atoms with Gasteiger partial charge in [0.2, 0.25) is 5.91 Å². The summed E-state index contributed by atoms with van der Waals surface area (Å²) < 4.78 is 0. The van der Waals surface area contributed by atoms with Gasteiger partial charge in [0.1, 0.15) is 12.3 Å². The molecule has 0 bridgehead atoms. The molecule has 0 aliphatic carbocycles. The minimum Gasteiger partial charge on any atom is -0.507 e. The Bertz CT molecular complexity index is 740. The summed E-state index contributed by atoms with van der Waals surface area (Å²) >= 11 is 0. The second kappa shape index (κ2) is 4.94. The van der Waals surface area contributed by atoms with Crippen molar-refractivity contribution in [3.8, 4) is 5.75 Å². The summed E-state index contributed by atoms with van der Waals surface area (Å²) in [5.41, 5.74) is 2.03. The Balaban J connectivity index is 2.06. The predicted octanol–water partition coefficient (Wildman–Crippen LogP) is 2.30. The molecule has 106 valence electrons. The van der Waals surface area contributed by atoms with Crippen molar-refractivity contribution in [1.29, 1.82) is 0 Å². The normalized spacial score (nSPS) is 13.6.